The minimum atomic E-state index is 0.774. The van der Waals surface area contributed by atoms with Crippen LogP contribution in [-0.4, -0.2) is 46.0 Å². The van der Waals surface area contributed by atoms with Gasteiger partial charge in [-0.05, 0) is 56.1 Å². The van der Waals surface area contributed by atoms with E-state index in [2.05, 4.69) is 22.3 Å². The van der Waals surface area contributed by atoms with E-state index >= 15 is 0 Å². The van der Waals surface area contributed by atoms with Crippen molar-refractivity contribution in [3.8, 4) is 5.75 Å². The highest BCUT2D eigenvalue weighted by molar-refractivity contribution is 5.63. The Bertz CT molecular complexity index is 462. The van der Waals surface area contributed by atoms with Gasteiger partial charge in [0.15, 0.2) is 0 Å². The van der Waals surface area contributed by atoms with E-state index < -0.39 is 0 Å². The predicted molar refractivity (Wildman–Crippen MR) is 80.9 cm³/mol. The van der Waals surface area contributed by atoms with Gasteiger partial charge in [-0.3, -0.25) is 0 Å². The summed E-state index contributed by atoms with van der Waals surface area (Å²) in [4.78, 5) is 2.40. The molecule has 0 bridgehead atoms. The molecule has 0 aliphatic carbocycles. The van der Waals surface area contributed by atoms with Crippen molar-refractivity contribution in [2.45, 2.75) is 19.8 Å². The summed E-state index contributed by atoms with van der Waals surface area (Å²) in [6, 6.07) is 4.59. The lowest BCUT2D eigenvalue weighted by Gasteiger charge is -2.32. The van der Waals surface area contributed by atoms with Crippen LogP contribution in [0.4, 0.5) is 5.69 Å². The number of hydrogen-bond donors (Lipinski definition) is 1. The largest absolute Gasteiger partial charge is 0.490 e. The molecule has 1 aromatic carbocycles. The zero-order valence-corrected chi connectivity index (χ0v) is 12.3. The molecule has 0 unspecified atom stereocenters. The smallest absolute Gasteiger partial charge is 0.142 e. The summed E-state index contributed by atoms with van der Waals surface area (Å²) in [5, 5.41) is 3.46. The highest BCUT2D eigenvalue weighted by atomic mass is 16.5. The summed E-state index contributed by atoms with van der Waals surface area (Å²) in [6.45, 7) is 8.43. The number of rotatable bonds is 4. The molecule has 1 N–H and O–H groups in total. The van der Waals surface area contributed by atoms with Crippen molar-refractivity contribution in [1.82, 2.24) is 5.32 Å². The lowest BCUT2D eigenvalue weighted by atomic mass is 10.0. The molecule has 1 aromatic rings. The van der Waals surface area contributed by atoms with Crippen LogP contribution in [0.2, 0.25) is 0 Å². The summed E-state index contributed by atoms with van der Waals surface area (Å²) in [7, 11) is 0. The molecule has 2 heterocycles. The van der Waals surface area contributed by atoms with Crippen molar-refractivity contribution in [2.75, 3.05) is 50.9 Å². The highest BCUT2D eigenvalue weighted by Gasteiger charge is 2.21. The van der Waals surface area contributed by atoms with Gasteiger partial charge in [0.25, 0.3) is 0 Å². The molecule has 20 heavy (non-hydrogen) atoms. The summed E-state index contributed by atoms with van der Waals surface area (Å²) < 4.78 is 11.4. The molecular formula is C16H24N2O2. The maximum Gasteiger partial charge on any atom is 0.142 e. The van der Waals surface area contributed by atoms with Crippen LogP contribution in [0.15, 0.2) is 12.1 Å². The minimum absolute atomic E-state index is 0.774. The second-order valence-corrected chi connectivity index (χ2v) is 5.37. The van der Waals surface area contributed by atoms with Crippen molar-refractivity contribution >= 4 is 5.69 Å². The van der Waals surface area contributed by atoms with Crippen molar-refractivity contribution in [2.24, 2.45) is 0 Å². The fraction of sp³-hybridized carbons (Fsp3) is 0.625. The van der Waals surface area contributed by atoms with Crippen molar-refractivity contribution < 1.29 is 9.47 Å². The quantitative estimate of drug-likeness (QED) is 0.847. The molecule has 0 saturated heterocycles. The van der Waals surface area contributed by atoms with Gasteiger partial charge in [0.2, 0.25) is 0 Å². The molecule has 4 heteroatoms. The lowest BCUT2D eigenvalue weighted by Crippen LogP contribution is -2.35. The van der Waals surface area contributed by atoms with Crippen LogP contribution in [0.5, 0.6) is 5.75 Å². The summed E-state index contributed by atoms with van der Waals surface area (Å²) in [5.74, 6) is 1.05. The van der Waals surface area contributed by atoms with Gasteiger partial charge >= 0.3 is 0 Å². The van der Waals surface area contributed by atoms with Crippen LogP contribution >= 0.6 is 0 Å². The Labute approximate surface area is 121 Å². The molecule has 3 rings (SSSR count). The Hall–Kier alpha value is -1.26. The molecule has 0 radical (unpaired) electrons. The maximum atomic E-state index is 5.86. The molecule has 0 atom stereocenters. The van der Waals surface area contributed by atoms with Crippen LogP contribution in [0.1, 0.15) is 18.1 Å². The third kappa shape index (κ3) is 2.91. The van der Waals surface area contributed by atoms with Gasteiger partial charge in [0, 0.05) is 13.2 Å². The second-order valence-electron chi connectivity index (χ2n) is 5.37. The standard InChI is InChI=1S/C16H24N2O2/c1-2-19-9-7-18-8-10-20-16-12-14-4-6-17-5-3-13(14)11-15(16)18/h11-12,17H,2-10H2,1H3. The number of benzene rings is 1. The topological polar surface area (TPSA) is 33.7 Å². The number of anilines is 1. The van der Waals surface area contributed by atoms with Crippen LogP contribution in [0.3, 0.4) is 0 Å². The summed E-state index contributed by atoms with van der Waals surface area (Å²) in [5.41, 5.74) is 4.16. The van der Waals surface area contributed by atoms with Crippen LogP contribution < -0.4 is 15.0 Å². The fourth-order valence-electron chi connectivity index (χ4n) is 2.99. The van der Waals surface area contributed by atoms with Gasteiger partial charge in [0.05, 0.1) is 18.8 Å². The maximum absolute atomic E-state index is 5.86. The highest BCUT2D eigenvalue weighted by Crippen LogP contribution is 2.35. The number of ether oxygens (including phenoxy) is 2. The van der Waals surface area contributed by atoms with E-state index in [9.17, 15) is 0 Å². The first kappa shape index (κ1) is 13.7. The van der Waals surface area contributed by atoms with Crippen LogP contribution in [-0.2, 0) is 17.6 Å². The first-order valence-corrected chi connectivity index (χ1v) is 7.70. The molecule has 110 valence electrons. The third-order valence-corrected chi connectivity index (χ3v) is 4.09. The zero-order chi connectivity index (χ0) is 13.8. The molecule has 0 saturated carbocycles. The summed E-state index contributed by atoms with van der Waals surface area (Å²) in [6.07, 6.45) is 2.22. The molecule has 0 spiro atoms. The van der Waals surface area contributed by atoms with Gasteiger partial charge in [-0.1, -0.05) is 0 Å². The molecule has 2 aliphatic heterocycles. The SMILES string of the molecule is CCOCCN1CCOc2cc3c(cc21)CCNCC3. The first-order chi connectivity index (χ1) is 9.88. The average molecular weight is 276 g/mol. The van der Waals surface area contributed by atoms with E-state index in [0.29, 0.717) is 0 Å². The number of hydrogen-bond acceptors (Lipinski definition) is 4. The van der Waals surface area contributed by atoms with Crippen LogP contribution in [0.25, 0.3) is 0 Å². The van der Waals surface area contributed by atoms with Crippen molar-refractivity contribution in [1.29, 1.82) is 0 Å². The Morgan fingerprint density at radius 1 is 1.25 bits per heavy atom. The fourth-order valence-corrected chi connectivity index (χ4v) is 2.99. The van der Waals surface area contributed by atoms with Gasteiger partial charge in [-0.2, -0.15) is 0 Å². The Kier molecular flexibility index (Phi) is 4.43. The van der Waals surface area contributed by atoms with E-state index in [0.717, 1.165) is 64.6 Å². The van der Waals surface area contributed by atoms with Crippen molar-refractivity contribution in [3.05, 3.63) is 23.3 Å². The molecular weight excluding hydrogens is 252 g/mol. The van der Waals surface area contributed by atoms with E-state index in [-0.39, 0.29) is 0 Å². The van der Waals surface area contributed by atoms with E-state index in [1.54, 1.807) is 0 Å². The third-order valence-electron chi connectivity index (χ3n) is 4.09. The monoisotopic (exact) mass is 276 g/mol. The van der Waals surface area contributed by atoms with E-state index in [1.807, 2.05) is 6.92 Å². The number of fused-ring (bicyclic) bond motifs is 2. The zero-order valence-electron chi connectivity index (χ0n) is 12.3. The average Bonchev–Trinajstić information content (AvgIpc) is 2.70. The van der Waals surface area contributed by atoms with Gasteiger partial charge < -0.3 is 19.7 Å². The molecule has 0 amide bonds. The number of nitrogens with zero attached hydrogens (tertiary/aromatic N) is 1. The Morgan fingerprint density at radius 2 is 2.05 bits per heavy atom. The Balaban J connectivity index is 1.83. The van der Waals surface area contributed by atoms with Crippen LogP contribution in [0, 0.1) is 0 Å². The second kappa shape index (κ2) is 6.46. The van der Waals surface area contributed by atoms with Crippen molar-refractivity contribution in [3.63, 3.8) is 0 Å². The lowest BCUT2D eigenvalue weighted by molar-refractivity contribution is 0.152. The predicted octanol–water partition coefficient (Wildman–Crippen LogP) is 1.61. The minimum Gasteiger partial charge on any atom is -0.490 e. The van der Waals surface area contributed by atoms with E-state index in [1.165, 1.54) is 16.8 Å². The Morgan fingerprint density at radius 3 is 2.85 bits per heavy atom. The molecule has 4 nitrogen and oxygen atoms in total. The summed E-state index contributed by atoms with van der Waals surface area (Å²) >= 11 is 0. The molecule has 0 fully saturated rings. The van der Waals surface area contributed by atoms with Gasteiger partial charge in [0.1, 0.15) is 12.4 Å². The molecule has 0 aromatic heterocycles. The van der Waals surface area contributed by atoms with Gasteiger partial charge in [-0.15, -0.1) is 0 Å². The van der Waals surface area contributed by atoms with Gasteiger partial charge in [-0.25, -0.2) is 0 Å². The first-order valence-electron chi connectivity index (χ1n) is 7.70. The van der Waals surface area contributed by atoms with E-state index in [4.69, 9.17) is 9.47 Å². The number of nitrogens with one attached hydrogen (secondary N) is 1. The normalized spacial score (nSPS) is 17.9. The molecule has 2 aliphatic rings.